The Balaban J connectivity index is 2.41. The Hall–Kier alpha value is -1.39. The third kappa shape index (κ3) is 4.85. The molecule has 0 aliphatic carbocycles. The molecule has 1 aromatic rings. The van der Waals surface area contributed by atoms with Crippen molar-refractivity contribution in [1.29, 1.82) is 0 Å². The van der Waals surface area contributed by atoms with Gasteiger partial charge in [-0.15, -0.1) is 0 Å². The zero-order valence-corrected chi connectivity index (χ0v) is 11.0. The average Bonchev–Trinajstić information content (AvgIpc) is 2.34. The number of amides is 1. The molecule has 0 heterocycles. The van der Waals surface area contributed by atoms with Gasteiger partial charge in [-0.3, -0.25) is 4.79 Å². The summed E-state index contributed by atoms with van der Waals surface area (Å²) in [5, 5.41) is 12.9. The van der Waals surface area contributed by atoms with Crippen molar-refractivity contribution >= 4 is 5.91 Å². The quantitative estimate of drug-likeness (QED) is 0.639. The molecular formula is C14H22N2O2. The van der Waals surface area contributed by atoms with Crippen molar-refractivity contribution < 1.29 is 9.90 Å². The molecule has 0 bridgehead atoms. The van der Waals surface area contributed by atoms with Gasteiger partial charge >= 0.3 is 0 Å². The third-order valence-electron chi connectivity index (χ3n) is 2.87. The monoisotopic (exact) mass is 250 g/mol. The Morgan fingerprint density at radius 1 is 1.28 bits per heavy atom. The van der Waals surface area contributed by atoms with Crippen molar-refractivity contribution in [1.82, 2.24) is 5.32 Å². The van der Waals surface area contributed by atoms with Gasteiger partial charge in [-0.2, -0.15) is 0 Å². The number of hydrogen-bond donors (Lipinski definition) is 3. The highest BCUT2D eigenvalue weighted by atomic mass is 16.3. The van der Waals surface area contributed by atoms with Crippen LogP contribution in [0.1, 0.15) is 43.4 Å². The van der Waals surface area contributed by atoms with Crippen LogP contribution in [0.4, 0.5) is 0 Å². The van der Waals surface area contributed by atoms with Gasteiger partial charge in [0.25, 0.3) is 0 Å². The van der Waals surface area contributed by atoms with E-state index in [1.807, 2.05) is 24.3 Å². The molecule has 1 unspecified atom stereocenters. The van der Waals surface area contributed by atoms with E-state index in [9.17, 15) is 9.90 Å². The molecular weight excluding hydrogens is 228 g/mol. The minimum Gasteiger partial charge on any atom is -0.387 e. The molecule has 0 spiro atoms. The van der Waals surface area contributed by atoms with E-state index < -0.39 is 6.10 Å². The van der Waals surface area contributed by atoms with Crippen LogP contribution in [0.5, 0.6) is 0 Å². The first kappa shape index (κ1) is 14.7. The van der Waals surface area contributed by atoms with Crippen LogP contribution in [0.15, 0.2) is 24.3 Å². The number of hydrogen-bond acceptors (Lipinski definition) is 3. The normalized spacial score (nSPS) is 12.7. The van der Waals surface area contributed by atoms with E-state index in [0.29, 0.717) is 25.4 Å². The summed E-state index contributed by atoms with van der Waals surface area (Å²) in [5.41, 5.74) is 7.16. The number of aliphatic hydroxyl groups is 1. The number of nitrogens with two attached hydrogens (primary N) is 1. The van der Waals surface area contributed by atoms with Gasteiger partial charge in [0.2, 0.25) is 5.91 Å². The maximum Gasteiger partial charge on any atom is 0.218 e. The second kappa shape index (κ2) is 7.13. The van der Waals surface area contributed by atoms with Gasteiger partial charge in [0.1, 0.15) is 0 Å². The summed E-state index contributed by atoms with van der Waals surface area (Å²) >= 11 is 0. The van der Waals surface area contributed by atoms with Gasteiger partial charge in [0.15, 0.2) is 0 Å². The Morgan fingerprint density at radius 3 is 2.33 bits per heavy atom. The van der Waals surface area contributed by atoms with Crippen molar-refractivity contribution in [3.05, 3.63) is 35.4 Å². The van der Waals surface area contributed by atoms with Crippen LogP contribution in [-0.2, 0) is 4.79 Å². The molecule has 0 aromatic heterocycles. The molecule has 4 heteroatoms. The number of carbonyl (C=O) groups is 1. The Labute approximate surface area is 108 Å². The van der Waals surface area contributed by atoms with Crippen molar-refractivity contribution in [2.45, 2.75) is 32.3 Å². The maximum absolute atomic E-state index is 10.5. The lowest BCUT2D eigenvalue weighted by Gasteiger charge is -2.13. The van der Waals surface area contributed by atoms with Crippen molar-refractivity contribution in [3.8, 4) is 0 Å². The number of rotatable bonds is 7. The number of nitrogens with one attached hydrogen (secondary N) is 1. The number of benzene rings is 1. The summed E-state index contributed by atoms with van der Waals surface area (Å²) in [7, 11) is 0. The van der Waals surface area contributed by atoms with Crippen molar-refractivity contribution in [3.63, 3.8) is 0 Å². The highest BCUT2D eigenvalue weighted by Gasteiger charge is 2.07. The van der Waals surface area contributed by atoms with Crippen molar-refractivity contribution in [2.75, 3.05) is 13.1 Å². The van der Waals surface area contributed by atoms with Crippen LogP contribution in [0.25, 0.3) is 0 Å². The highest BCUT2D eigenvalue weighted by Crippen LogP contribution is 2.18. The second-order valence-electron chi connectivity index (χ2n) is 4.76. The Kier molecular flexibility index (Phi) is 5.82. The molecule has 1 atom stereocenters. The van der Waals surface area contributed by atoms with Gasteiger partial charge in [-0.05, 0) is 17.0 Å². The van der Waals surface area contributed by atoms with E-state index in [2.05, 4.69) is 19.2 Å². The molecule has 0 saturated heterocycles. The van der Waals surface area contributed by atoms with E-state index >= 15 is 0 Å². The fourth-order valence-electron chi connectivity index (χ4n) is 1.67. The number of aliphatic hydroxyl groups excluding tert-OH is 1. The summed E-state index contributed by atoms with van der Waals surface area (Å²) in [6.07, 6.45) is -0.266. The Morgan fingerprint density at radius 2 is 1.83 bits per heavy atom. The van der Waals surface area contributed by atoms with E-state index in [0.717, 1.165) is 5.56 Å². The van der Waals surface area contributed by atoms with Gasteiger partial charge in [-0.1, -0.05) is 38.1 Å². The summed E-state index contributed by atoms with van der Waals surface area (Å²) in [4.78, 5) is 10.5. The lowest BCUT2D eigenvalue weighted by molar-refractivity contribution is -0.117. The molecule has 0 aliphatic rings. The van der Waals surface area contributed by atoms with Gasteiger partial charge in [-0.25, -0.2) is 0 Å². The fraction of sp³-hybridized carbons (Fsp3) is 0.500. The van der Waals surface area contributed by atoms with Crippen molar-refractivity contribution in [2.24, 2.45) is 5.73 Å². The molecule has 1 aromatic carbocycles. The molecule has 0 radical (unpaired) electrons. The molecule has 100 valence electrons. The van der Waals surface area contributed by atoms with Gasteiger partial charge in [0, 0.05) is 19.5 Å². The molecule has 0 aliphatic heterocycles. The Bertz CT molecular complexity index is 374. The molecule has 1 rings (SSSR count). The fourth-order valence-corrected chi connectivity index (χ4v) is 1.67. The average molecular weight is 250 g/mol. The minimum atomic E-state index is -0.556. The van der Waals surface area contributed by atoms with E-state index in [-0.39, 0.29) is 5.91 Å². The lowest BCUT2D eigenvalue weighted by atomic mass is 10.00. The first-order valence-electron chi connectivity index (χ1n) is 6.27. The van der Waals surface area contributed by atoms with Crippen LogP contribution in [0.3, 0.4) is 0 Å². The first-order valence-corrected chi connectivity index (χ1v) is 6.27. The number of carbonyl (C=O) groups excluding carboxylic acids is 1. The SMILES string of the molecule is CC(C)c1ccc(C(O)CNCCC(N)=O)cc1. The summed E-state index contributed by atoms with van der Waals surface area (Å²) < 4.78 is 0. The van der Waals surface area contributed by atoms with Crippen LogP contribution in [0, 0.1) is 0 Å². The molecule has 4 N–H and O–H groups in total. The van der Waals surface area contributed by atoms with E-state index in [1.165, 1.54) is 5.56 Å². The highest BCUT2D eigenvalue weighted by molar-refractivity contribution is 5.73. The third-order valence-corrected chi connectivity index (χ3v) is 2.87. The van der Waals surface area contributed by atoms with Crippen LogP contribution in [-0.4, -0.2) is 24.1 Å². The maximum atomic E-state index is 10.5. The topological polar surface area (TPSA) is 75.3 Å². The van der Waals surface area contributed by atoms with Crippen LogP contribution < -0.4 is 11.1 Å². The van der Waals surface area contributed by atoms with Gasteiger partial charge < -0.3 is 16.2 Å². The molecule has 18 heavy (non-hydrogen) atoms. The zero-order valence-electron chi connectivity index (χ0n) is 11.0. The van der Waals surface area contributed by atoms with Gasteiger partial charge in [0.05, 0.1) is 6.10 Å². The van der Waals surface area contributed by atoms with Crippen LogP contribution in [0.2, 0.25) is 0 Å². The smallest absolute Gasteiger partial charge is 0.218 e. The largest absolute Gasteiger partial charge is 0.387 e. The number of primary amides is 1. The molecule has 1 amide bonds. The first-order chi connectivity index (χ1) is 8.50. The predicted molar refractivity (Wildman–Crippen MR) is 72.2 cm³/mol. The summed E-state index contributed by atoms with van der Waals surface area (Å²) in [5.74, 6) is 0.156. The molecule has 0 saturated carbocycles. The summed E-state index contributed by atoms with van der Waals surface area (Å²) in [6, 6.07) is 7.95. The molecule has 4 nitrogen and oxygen atoms in total. The molecule has 0 fully saturated rings. The van der Waals surface area contributed by atoms with E-state index in [1.54, 1.807) is 0 Å². The standard InChI is InChI=1S/C14H22N2O2/c1-10(2)11-3-5-12(6-4-11)13(17)9-16-8-7-14(15)18/h3-6,10,13,16-17H,7-9H2,1-2H3,(H2,15,18). The van der Waals surface area contributed by atoms with Crippen LogP contribution >= 0.6 is 0 Å². The minimum absolute atomic E-state index is 0.291. The zero-order chi connectivity index (χ0) is 13.5. The van der Waals surface area contributed by atoms with E-state index in [4.69, 9.17) is 5.73 Å². The lowest BCUT2D eigenvalue weighted by Crippen LogP contribution is -2.26. The summed E-state index contributed by atoms with van der Waals surface area (Å²) in [6.45, 7) is 5.19. The predicted octanol–water partition coefficient (Wildman–Crippen LogP) is 1.31. The second-order valence-corrected chi connectivity index (χ2v) is 4.76.